The minimum atomic E-state index is -1.06. The van der Waals surface area contributed by atoms with Crippen LogP contribution in [0.15, 0.2) is 0 Å². The number of hydrogen-bond acceptors (Lipinski definition) is 5. The van der Waals surface area contributed by atoms with Crippen LogP contribution in [-0.2, 0) is 9.59 Å². The van der Waals surface area contributed by atoms with Gasteiger partial charge < -0.3 is 21.5 Å². The smallest absolute Gasteiger partial charge is 0.326 e. The van der Waals surface area contributed by atoms with Crippen molar-refractivity contribution in [1.29, 1.82) is 5.41 Å². The van der Waals surface area contributed by atoms with Crippen LogP contribution < -0.4 is 21.7 Å². The summed E-state index contributed by atoms with van der Waals surface area (Å²) in [5, 5.41) is 24.5. The van der Waals surface area contributed by atoms with E-state index in [2.05, 4.69) is 16.0 Å². The molecule has 1 aliphatic heterocycles. The molecular formula is C11H21N5O3S. The van der Waals surface area contributed by atoms with Crippen LogP contribution in [0.4, 0.5) is 0 Å². The Morgan fingerprint density at radius 3 is 2.80 bits per heavy atom. The summed E-state index contributed by atoms with van der Waals surface area (Å²) in [6.45, 7) is 2.36. The van der Waals surface area contributed by atoms with E-state index >= 15 is 0 Å². The molecule has 1 saturated heterocycles. The predicted molar refractivity (Wildman–Crippen MR) is 77.6 cm³/mol. The summed E-state index contributed by atoms with van der Waals surface area (Å²) in [4.78, 5) is 23.0. The maximum Gasteiger partial charge on any atom is 0.326 e. The lowest BCUT2D eigenvalue weighted by atomic mass is 10.1. The fourth-order valence-corrected chi connectivity index (χ4v) is 2.82. The van der Waals surface area contributed by atoms with Crippen LogP contribution in [0.1, 0.15) is 19.8 Å². The number of carbonyl (C=O) groups excluding carboxylic acids is 1. The van der Waals surface area contributed by atoms with Gasteiger partial charge in [-0.1, -0.05) is 0 Å². The van der Waals surface area contributed by atoms with Gasteiger partial charge in [0.2, 0.25) is 5.91 Å². The van der Waals surface area contributed by atoms with Gasteiger partial charge in [-0.3, -0.25) is 15.5 Å². The topological polar surface area (TPSA) is 140 Å². The highest BCUT2D eigenvalue weighted by Crippen LogP contribution is 2.17. The molecule has 0 aromatic heterocycles. The molecule has 3 atom stereocenters. The number of hydrogen-bond donors (Lipinski definition) is 6. The van der Waals surface area contributed by atoms with E-state index in [1.165, 1.54) is 0 Å². The molecule has 2 unspecified atom stereocenters. The fourth-order valence-electron chi connectivity index (χ4n) is 1.83. The number of thioether (sulfide) groups is 1. The number of nitrogens with one attached hydrogen (secondary N) is 4. The third kappa shape index (κ3) is 5.66. The SMILES string of the molecule is CC1NC(C(=O)N[C@@H](CCCNC(=N)N)C(=O)O)CS1. The van der Waals surface area contributed by atoms with E-state index in [4.69, 9.17) is 16.2 Å². The van der Waals surface area contributed by atoms with Crippen molar-refractivity contribution in [1.82, 2.24) is 16.0 Å². The third-order valence-electron chi connectivity index (χ3n) is 2.86. The summed E-state index contributed by atoms with van der Waals surface area (Å²) in [6, 6.07) is -1.26. The van der Waals surface area contributed by atoms with Crippen LogP contribution in [0.25, 0.3) is 0 Å². The number of rotatable bonds is 7. The van der Waals surface area contributed by atoms with Gasteiger partial charge in [0.05, 0.1) is 11.4 Å². The zero-order valence-electron chi connectivity index (χ0n) is 11.3. The lowest BCUT2D eigenvalue weighted by molar-refractivity contribution is -0.142. The van der Waals surface area contributed by atoms with Gasteiger partial charge in [0.15, 0.2) is 5.96 Å². The summed E-state index contributed by atoms with van der Waals surface area (Å²) < 4.78 is 0. The quantitative estimate of drug-likeness (QED) is 0.199. The second kappa shape index (κ2) is 7.95. The summed E-state index contributed by atoms with van der Waals surface area (Å²) in [7, 11) is 0. The minimum absolute atomic E-state index is 0.151. The fraction of sp³-hybridized carbons (Fsp3) is 0.727. The Bertz CT molecular complexity index is 379. The molecule has 0 aliphatic carbocycles. The molecule has 1 heterocycles. The van der Waals surface area contributed by atoms with E-state index in [0.717, 1.165) is 0 Å². The van der Waals surface area contributed by atoms with Gasteiger partial charge in [-0.05, 0) is 19.8 Å². The molecule has 0 saturated carbocycles. The average Bonchev–Trinajstić information content (AvgIpc) is 2.79. The molecule has 9 heteroatoms. The molecule has 7 N–H and O–H groups in total. The van der Waals surface area contributed by atoms with Crippen molar-refractivity contribution in [2.24, 2.45) is 5.73 Å². The predicted octanol–water partition coefficient (Wildman–Crippen LogP) is -1.13. The van der Waals surface area contributed by atoms with Gasteiger partial charge in [0.25, 0.3) is 0 Å². The first kappa shape index (κ1) is 16.6. The number of carbonyl (C=O) groups is 2. The maximum atomic E-state index is 11.9. The number of amides is 1. The van der Waals surface area contributed by atoms with E-state index in [9.17, 15) is 9.59 Å². The van der Waals surface area contributed by atoms with Crippen LogP contribution >= 0.6 is 11.8 Å². The molecule has 1 amide bonds. The number of aliphatic carboxylic acids is 1. The highest BCUT2D eigenvalue weighted by molar-refractivity contribution is 8.00. The third-order valence-corrected chi connectivity index (χ3v) is 4.03. The summed E-state index contributed by atoms with van der Waals surface area (Å²) in [6.07, 6.45) is 0.789. The number of nitrogens with two attached hydrogens (primary N) is 1. The van der Waals surface area contributed by atoms with Gasteiger partial charge in [0.1, 0.15) is 6.04 Å². The van der Waals surface area contributed by atoms with Crippen molar-refractivity contribution in [3.63, 3.8) is 0 Å². The molecule has 0 aromatic rings. The second-order valence-electron chi connectivity index (χ2n) is 4.58. The zero-order chi connectivity index (χ0) is 15.1. The molecule has 8 nitrogen and oxygen atoms in total. The van der Waals surface area contributed by atoms with E-state index < -0.39 is 12.0 Å². The summed E-state index contributed by atoms with van der Waals surface area (Å²) in [5.74, 6) is -0.846. The number of carboxylic acid groups (broad SMARTS) is 1. The van der Waals surface area contributed by atoms with Crippen LogP contribution in [0.3, 0.4) is 0 Å². The Morgan fingerprint density at radius 2 is 2.30 bits per heavy atom. The largest absolute Gasteiger partial charge is 0.480 e. The van der Waals surface area contributed by atoms with E-state index in [1.807, 2.05) is 6.92 Å². The van der Waals surface area contributed by atoms with Crippen molar-refractivity contribution < 1.29 is 14.7 Å². The first-order valence-corrected chi connectivity index (χ1v) is 7.43. The van der Waals surface area contributed by atoms with E-state index in [0.29, 0.717) is 18.7 Å². The molecule has 114 valence electrons. The molecule has 1 aliphatic rings. The normalized spacial score (nSPS) is 23.1. The van der Waals surface area contributed by atoms with Crippen molar-refractivity contribution >= 4 is 29.6 Å². The number of carboxylic acids is 1. The molecular weight excluding hydrogens is 282 g/mol. The molecule has 1 fully saturated rings. The molecule has 20 heavy (non-hydrogen) atoms. The highest BCUT2D eigenvalue weighted by atomic mass is 32.2. The molecule has 0 radical (unpaired) electrons. The Kier molecular flexibility index (Phi) is 6.59. The van der Waals surface area contributed by atoms with Crippen molar-refractivity contribution in [3.8, 4) is 0 Å². The first-order valence-electron chi connectivity index (χ1n) is 6.39. The van der Waals surface area contributed by atoms with Crippen molar-refractivity contribution in [3.05, 3.63) is 0 Å². The van der Waals surface area contributed by atoms with Crippen LogP contribution in [-0.4, -0.2) is 52.7 Å². The Hall–Kier alpha value is -1.48. The van der Waals surface area contributed by atoms with Crippen molar-refractivity contribution in [2.75, 3.05) is 12.3 Å². The Balaban J connectivity index is 2.36. The zero-order valence-corrected chi connectivity index (χ0v) is 12.1. The Morgan fingerprint density at radius 1 is 1.60 bits per heavy atom. The summed E-state index contributed by atoms with van der Waals surface area (Å²) >= 11 is 1.63. The standard InChI is InChI=1S/C11H21N5O3S/c1-6-15-8(5-20-6)9(17)16-7(10(18)19)3-2-4-14-11(12)13/h6-8,15H,2-5H2,1H3,(H,16,17)(H,18,19)(H4,12,13,14)/t6?,7-,8?/m0/s1. The van der Waals surface area contributed by atoms with Gasteiger partial charge >= 0.3 is 5.97 Å². The van der Waals surface area contributed by atoms with Crippen LogP contribution in [0.2, 0.25) is 0 Å². The van der Waals surface area contributed by atoms with Gasteiger partial charge in [-0.15, -0.1) is 11.8 Å². The van der Waals surface area contributed by atoms with E-state index in [-0.39, 0.29) is 29.7 Å². The molecule has 1 rings (SSSR count). The van der Waals surface area contributed by atoms with Crippen LogP contribution in [0.5, 0.6) is 0 Å². The van der Waals surface area contributed by atoms with E-state index in [1.54, 1.807) is 11.8 Å². The van der Waals surface area contributed by atoms with Gasteiger partial charge in [-0.2, -0.15) is 0 Å². The monoisotopic (exact) mass is 303 g/mol. The lowest BCUT2D eigenvalue weighted by Gasteiger charge is -2.17. The average molecular weight is 303 g/mol. The maximum absolute atomic E-state index is 11.9. The highest BCUT2D eigenvalue weighted by Gasteiger charge is 2.29. The minimum Gasteiger partial charge on any atom is -0.480 e. The summed E-state index contributed by atoms with van der Waals surface area (Å²) in [5.41, 5.74) is 5.12. The molecule has 0 bridgehead atoms. The van der Waals surface area contributed by atoms with Gasteiger partial charge in [-0.25, -0.2) is 4.79 Å². The number of guanidine groups is 1. The van der Waals surface area contributed by atoms with Gasteiger partial charge in [0, 0.05) is 12.3 Å². The first-order chi connectivity index (χ1) is 9.40. The van der Waals surface area contributed by atoms with Crippen LogP contribution in [0, 0.1) is 5.41 Å². The van der Waals surface area contributed by atoms with Crippen molar-refractivity contribution in [2.45, 2.75) is 37.2 Å². The lowest BCUT2D eigenvalue weighted by Crippen LogP contribution is -2.50. The second-order valence-corrected chi connectivity index (χ2v) is 5.95. The Labute approximate surface area is 121 Å². The molecule has 0 aromatic carbocycles. The molecule has 0 spiro atoms.